The first kappa shape index (κ1) is 81.1. The maximum absolute atomic E-state index is 14.8. The van der Waals surface area contributed by atoms with Gasteiger partial charge in [-0.2, -0.15) is 0 Å². The van der Waals surface area contributed by atoms with Gasteiger partial charge in [-0.25, -0.2) is 14.4 Å². The largest absolute Gasteiger partial charge is 0.478 e. The maximum atomic E-state index is 14.8. The average molecular weight is 1330 g/mol. The number of carbonyl (C=O) groups is 11. The number of hydrogen-bond acceptors (Lipinski definition) is 15. The number of rotatable bonds is 40. The van der Waals surface area contributed by atoms with Gasteiger partial charge in [0.25, 0.3) is 0 Å². The van der Waals surface area contributed by atoms with Gasteiger partial charge in [0.05, 0.1) is 48.8 Å². The zero-order valence-corrected chi connectivity index (χ0v) is 57.9. The highest BCUT2D eigenvalue weighted by Gasteiger charge is 2.44. The lowest BCUT2D eigenvalue weighted by atomic mass is 9.89. The van der Waals surface area contributed by atoms with Crippen molar-refractivity contribution in [3.63, 3.8) is 0 Å². The van der Waals surface area contributed by atoms with E-state index in [0.717, 1.165) is 12.2 Å². The highest BCUT2D eigenvalue weighted by atomic mass is 16.6. The lowest BCUT2D eigenvalue weighted by Crippen LogP contribution is -2.60. The normalized spacial score (nSPS) is 16.6. The summed E-state index contributed by atoms with van der Waals surface area (Å²) in [6, 6.07) is 8.66. The number of aliphatic hydroxyl groups is 1. The number of primary amides is 1. The molecular formula is C68H107N11O16. The molecule has 3 rings (SSSR count). The fourth-order valence-electron chi connectivity index (χ4n) is 11.7. The maximum Gasteiger partial charge on any atom is 0.410 e. The Labute approximate surface area is 559 Å². The van der Waals surface area contributed by atoms with Crippen LogP contribution in [0.2, 0.25) is 0 Å². The second-order valence-corrected chi connectivity index (χ2v) is 25.6. The third-order valence-corrected chi connectivity index (χ3v) is 17.3. The van der Waals surface area contributed by atoms with Gasteiger partial charge in [0, 0.05) is 72.2 Å². The number of nitrogens with zero attached hydrogens (tertiary/aromatic N) is 3. The Kier molecular flexibility index (Phi) is 34.9. The van der Waals surface area contributed by atoms with E-state index in [2.05, 4.69) is 37.2 Å². The molecule has 1 aliphatic rings. The molecule has 2 aromatic rings. The minimum atomic E-state index is -1.25. The Balaban J connectivity index is 1.67. The van der Waals surface area contributed by atoms with Crippen molar-refractivity contribution in [2.24, 2.45) is 35.3 Å². The van der Waals surface area contributed by atoms with Crippen molar-refractivity contribution in [3.05, 3.63) is 77.9 Å². The first-order chi connectivity index (χ1) is 44.9. The fourth-order valence-corrected chi connectivity index (χ4v) is 11.7. The number of aliphatic carboxylic acids is 1. The first-order valence-corrected chi connectivity index (χ1v) is 33.0. The van der Waals surface area contributed by atoms with Crippen LogP contribution in [-0.4, -0.2) is 193 Å². The molecule has 0 aliphatic carbocycles. The van der Waals surface area contributed by atoms with Crippen LogP contribution in [0.25, 0.3) is 0 Å². The first-order valence-electron chi connectivity index (χ1n) is 33.0. The number of hydrogen-bond donors (Lipinski definition) is 10. The van der Waals surface area contributed by atoms with Crippen LogP contribution in [0.15, 0.2) is 66.7 Å². The number of likely N-dealkylation sites (tertiary alicyclic amines) is 1. The number of likely N-dealkylation sites (N-methyl/N-ethyl adjacent to an activating group) is 2. The Morgan fingerprint density at radius 2 is 1.35 bits per heavy atom. The summed E-state index contributed by atoms with van der Waals surface area (Å²) in [5, 5.41) is 38.8. The van der Waals surface area contributed by atoms with Crippen molar-refractivity contribution >= 4 is 71.0 Å². The second kappa shape index (κ2) is 40.9. The number of nitrogens with one attached hydrogen (secondary N) is 7. The molecule has 12 atom stereocenters. The topological polar surface area (TPSA) is 376 Å². The third-order valence-electron chi connectivity index (χ3n) is 17.3. The number of nitrogens with two attached hydrogens (primary N) is 1. The van der Waals surface area contributed by atoms with Gasteiger partial charge in [0.2, 0.25) is 47.3 Å². The minimum Gasteiger partial charge on any atom is -0.478 e. The van der Waals surface area contributed by atoms with Crippen LogP contribution in [0.4, 0.5) is 15.3 Å². The van der Waals surface area contributed by atoms with Crippen LogP contribution in [0, 0.1) is 29.6 Å². The van der Waals surface area contributed by atoms with Gasteiger partial charge in [0.15, 0.2) is 0 Å². The summed E-state index contributed by atoms with van der Waals surface area (Å²) in [4.78, 5) is 150. The molecule has 11 amide bonds. The summed E-state index contributed by atoms with van der Waals surface area (Å²) in [7, 11) is 6.06. The fraction of sp³-hybridized carbons (Fsp3) is 0.632. The third kappa shape index (κ3) is 26.2. The Morgan fingerprint density at radius 1 is 0.705 bits per heavy atom. The van der Waals surface area contributed by atoms with E-state index in [9.17, 15) is 57.8 Å². The SMILES string of the molecule is CC[C@H](C)[C@@H]([C@@H](CC(=O)N1CCC[C@H]1[C@H](OC)[C@@H](C)C(=O)N[C@H](C)[C@@H](O)c1ccccc1)OC)N(C)C(=O)[C@@H](NC(=O)[C@H](C(C)C)N(C)C(=O)OCc1ccc(NC(=O)[C@H](CCCNC(N)=O)NC(=O)[C@@H](NC(=O)CCCCCNC(=O)/C=C\C(=O)O)C(C)C)cc1)C(C)C. The summed E-state index contributed by atoms with van der Waals surface area (Å²) in [6.07, 6.45) is 2.13. The van der Waals surface area contributed by atoms with E-state index < -0.39 is 132 Å². The molecule has 27 nitrogen and oxygen atoms in total. The number of carboxylic acids is 1. The smallest absolute Gasteiger partial charge is 0.410 e. The van der Waals surface area contributed by atoms with E-state index in [4.69, 9.17) is 25.1 Å². The van der Waals surface area contributed by atoms with Crippen molar-refractivity contribution in [3.8, 4) is 0 Å². The van der Waals surface area contributed by atoms with E-state index >= 15 is 0 Å². The molecule has 0 radical (unpaired) electrons. The monoisotopic (exact) mass is 1330 g/mol. The van der Waals surface area contributed by atoms with Gasteiger partial charge in [-0.3, -0.25) is 43.3 Å². The second-order valence-electron chi connectivity index (χ2n) is 25.6. The number of anilines is 1. The molecule has 0 aromatic heterocycles. The Bertz CT molecular complexity index is 2860. The number of aliphatic hydroxyl groups excluding tert-OH is 1. The zero-order chi connectivity index (χ0) is 71.2. The van der Waals surface area contributed by atoms with E-state index in [-0.39, 0.29) is 69.0 Å². The van der Waals surface area contributed by atoms with Gasteiger partial charge >= 0.3 is 18.1 Å². The number of ether oxygens (including phenoxy) is 3. The molecule has 0 saturated carbocycles. The van der Waals surface area contributed by atoms with Crippen LogP contribution < -0.4 is 43.0 Å². The van der Waals surface area contributed by atoms with Crippen molar-refractivity contribution in [2.75, 3.05) is 53.3 Å². The highest BCUT2D eigenvalue weighted by molar-refractivity contribution is 5.99. The predicted octanol–water partition coefficient (Wildman–Crippen LogP) is 4.91. The summed E-state index contributed by atoms with van der Waals surface area (Å²) >= 11 is 0. The van der Waals surface area contributed by atoms with Gasteiger partial charge in [-0.05, 0) is 92.4 Å². The number of unbranched alkanes of at least 4 members (excludes halogenated alkanes) is 2. The van der Waals surface area contributed by atoms with E-state index in [1.165, 1.54) is 26.2 Å². The molecule has 0 unspecified atom stereocenters. The molecule has 11 N–H and O–H groups in total. The average Bonchev–Trinajstić information content (AvgIpc) is 1.84. The molecule has 27 heteroatoms. The van der Waals surface area contributed by atoms with Crippen LogP contribution in [-0.2, 0) is 64.0 Å². The van der Waals surface area contributed by atoms with Gasteiger partial charge in [-0.15, -0.1) is 0 Å². The van der Waals surface area contributed by atoms with Gasteiger partial charge < -0.3 is 77.2 Å². The quantitative estimate of drug-likeness (QED) is 0.0313. The Hall–Kier alpha value is -8.17. The molecule has 2 aromatic carbocycles. The molecule has 95 heavy (non-hydrogen) atoms. The molecule has 1 aliphatic heterocycles. The van der Waals surface area contributed by atoms with E-state index in [1.807, 2.05) is 32.0 Å². The molecule has 1 fully saturated rings. The Morgan fingerprint density at radius 3 is 1.93 bits per heavy atom. The molecule has 0 bridgehead atoms. The van der Waals surface area contributed by atoms with E-state index in [1.54, 1.807) is 109 Å². The number of benzene rings is 2. The zero-order valence-electron chi connectivity index (χ0n) is 57.9. The molecule has 1 heterocycles. The van der Waals surface area contributed by atoms with Crippen LogP contribution in [0.3, 0.4) is 0 Å². The minimum absolute atomic E-state index is 0.0752. The van der Waals surface area contributed by atoms with Crippen molar-refractivity contribution in [1.82, 2.24) is 46.6 Å². The number of carbonyl (C=O) groups excluding carboxylic acids is 10. The summed E-state index contributed by atoms with van der Waals surface area (Å²) in [6.45, 7) is 18.6. The highest BCUT2D eigenvalue weighted by Crippen LogP contribution is 2.31. The van der Waals surface area contributed by atoms with Crippen LogP contribution in [0.1, 0.15) is 151 Å². The van der Waals surface area contributed by atoms with E-state index in [0.29, 0.717) is 61.9 Å². The van der Waals surface area contributed by atoms with Crippen LogP contribution in [0.5, 0.6) is 0 Å². The van der Waals surface area contributed by atoms with Gasteiger partial charge in [0.1, 0.15) is 30.8 Å². The molecule has 1 saturated heterocycles. The number of methoxy groups -OCH3 is 2. The van der Waals surface area contributed by atoms with Crippen molar-refractivity contribution < 1.29 is 77.2 Å². The summed E-state index contributed by atoms with van der Waals surface area (Å²) in [5.41, 5.74) is 6.75. The van der Waals surface area contributed by atoms with Crippen molar-refractivity contribution in [2.45, 2.75) is 201 Å². The van der Waals surface area contributed by atoms with Gasteiger partial charge in [-0.1, -0.05) is 118 Å². The summed E-state index contributed by atoms with van der Waals surface area (Å²) < 4.78 is 17.7. The molecule has 530 valence electrons. The number of urea groups is 1. The summed E-state index contributed by atoms with van der Waals surface area (Å²) in [5.74, 6) is -7.14. The molecule has 0 spiro atoms. The van der Waals surface area contributed by atoms with Crippen molar-refractivity contribution in [1.29, 1.82) is 0 Å². The lowest BCUT2D eigenvalue weighted by molar-refractivity contribution is -0.148. The standard InChI is InChI=1S/C68H107N11O16/c1-15-43(8)59(51(93-13)38-54(82)79-37-23-27-50(79)61(94-14)44(9)62(86)72-45(10)60(85)47-24-18-16-19-25-47)77(11)66(90)57(41(4)5)76-65(89)58(42(6)7)78(12)68(92)95-39-46-29-31-48(32-30-46)73-63(87)49(26-22-36-71-67(69)91)74-64(88)56(40(2)3)75-53(81)28-20-17-21-35-70-52(80)33-34-55(83)84/h16,18-19,24-25,29-34,40-45,49-51,56-61,85H,15,17,20-23,26-28,35-39H2,1-14H3,(H,70,80)(H,72,86)(H,73,87)(H,74,88)(H,75,81)(H,76,89)(H,83,84)(H3,69,71,91)/b34-33-/t43-,44+,45+,49-,50-,51+,56-,57-,58-,59-,60+,61+/m0/s1. The number of amides is 11. The predicted molar refractivity (Wildman–Crippen MR) is 357 cm³/mol. The number of carboxylic acid groups (broad SMARTS) is 1. The molecular weight excluding hydrogens is 1230 g/mol. The van der Waals surface area contributed by atoms with Crippen LogP contribution >= 0.6 is 0 Å². The lowest BCUT2D eigenvalue weighted by Gasteiger charge is -2.41.